The van der Waals surface area contributed by atoms with E-state index >= 15 is 0 Å². The van der Waals surface area contributed by atoms with E-state index in [1.54, 1.807) is 17.0 Å². The number of esters is 1. The lowest BCUT2D eigenvalue weighted by Crippen LogP contribution is -2.46. The van der Waals surface area contributed by atoms with Crippen molar-refractivity contribution in [3.05, 3.63) is 29.8 Å². The fraction of sp³-hybridized carbons (Fsp3) is 0.421. The number of phenols is 1. The molecule has 2 rings (SSSR count). The van der Waals surface area contributed by atoms with Crippen LogP contribution in [0.2, 0.25) is 0 Å². The van der Waals surface area contributed by atoms with Gasteiger partial charge in [0.2, 0.25) is 5.91 Å². The van der Waals surface area contributed by atoms with Crippen molar-refractivity contribution >= 4 is 23.9 Å². The summed E-state index contributed by atoms with van der Waals surface area (Å²) < 4.78 is 15.1. The zero-order valence-corrected chi connectivity index (χ0v) is 15.9. The van der Waals surface area contributed by atoms with Crippen LogP contribution in [0.5, 0.6) is 11.5 Å². The zero-order valence-electron chi connectivity index (χ0n) is 15.9. The van der Waals surface area contributed by atoms with Crippen molar-refractivity contribution in [1.29, 1.82) is 0 Å². The van der Waals surface area contributed by atoms with Crippen LogP contribution in [0.15, 0.2) is 24.3 Å². The topological polar surface area (TPSA) is 106 Å². The molecule has 9 heteroatoms. The van der Waals surface area contributed by atoms with Crippen LogP contribution >= 0.6 is 0 Å². The Hall–Kier alpha value is -3.07. The van der Waals surface area contributed by atoms with Gasteiger partial charge in [-0.25, -0.2) is 4.79 Å². The maximum atomic E-state index is 12.1. The smallest absolute Gasteiger partial charge is 0.331 e. The molecule has 1 aliphatic rings. The molecular weight excluding hydrogens is 368 g/mol. The summed E-state index contributed by atoms with van der Waals surface area (Å²) in [5, 5.41) is 9.54. The Labute approximate surface area is 163 Å². The second-order valence-electron chi connectivity index (χ2n) is 6.12. The molecule has 1 heterocycles. The lowest BCUT2D eigenvalue weighted by atomic mass is 10.2. The summed E-state index contributed by atoms with van der Waals surface area (Å²) in [6.45, 7) is 1.43. The first-order chi connectivity index (χ1) is 13.4. The number of ether oxygens (including phenoxy) is 3. The minimum atomic E-state index is -0.701. The van der Waals surface area contributed by atoms with Gasteiger partial charge in [-0.2, -0.15) is 0 Å². The lowest BCUT2D eigenvalue weighted by Gasteiger charge is -2.28. The number of benzene rings is 1. The summed E-state index contributed by atoms with van der Waals surface area (Å²) >= 11 is 0. The molecule has 0 radical (unpaired) electrons. The first-order valence-electron chi connectivity index (χ1n) is 8.72. The molecule has 0 aliphatic carbocycles. The van der Waals surface area contributed by atoms with Gasteiger partial charge in [0.05, 0.1) is 26.9 Å². The number of carbonyl (C=O) groups excluding carboxylic acids is 3. The average Bonchev–Trinajstić information content (AvgIpc) is 2.71. The monoisotopic (exact) mass is 392 g/mol. The number of methoxy groups -OCH3 is 1. The normalized spacial score (nSPS) is 14.0. The molecular formula is C19H24N2O7. The van der Waals surface area contributed by atoms with Crippen molar-refractivity contribution in [2.75, 3.05) is 53.6 Å². The number of nitrogens with zero attached hydrogens (tertiary/aromatic N) is 2. The fourth-order valence-electron chi connectivity index (χ4n) is 2.46. The zero-order chi connectivity index (χ0) is 20.5. The molecule has 1 aliphatic heterocycles. The quantitative estimate of drug-likeness (QED) is 0.525. The number of morpholine rings is 1. The molecule has 9 nitrogen and oxygen atoms in total. The highest BCUT2D eigenvalue weighted by atomic mass is 16.5. The van der Waals surface area contributed by atoms with Gasteiger partial charge in [-0.05, 0) is 23.8 Å². The standard InChI is InChI=1S/C19H24N2O7/c1-20(12-17(23)21-7-9-27-10-8-21)18(24)13-28-19(25)6-4-14-3-5-15(22)16(11-14)26-2/h3-6,11,22H,7-10,12-13H2,1-2H3/b6-4+. The second kappa shape index (κ2) is 10.3. The Morgan fingerprint density at radius 3 is 2.68 bits per heavy atom. The van der Waals surface area contributed by atoms with E-state index in [1.807, 2.05) is 0 Å². The number of amides is 2. The van der Waals surface area contributed by atoms with Gasteiger partial charge in [0, 0.05) is 26.2 Å². The maximum Gasteiger partial charge on any atom is 0.331 e. The Bertz CT molecular complexity index is 742. The Morgan fingerprint density at radius 1 is 1.29 bits per heavy atom. The van der Waals surface area contributed by atoms with Crippen LogP contribution in [-0.4, -0.2) is 86.3 Å². The van der Waals surface area contributed by atoms with Crippen LogP contribution in [-0.2, 0) is 23.9 Å². The predicted molar refractivity (Wildman–Crippen MR) is 99.7 cm³/mol. The minimum Gasteiger partial charge on any atom is -0.504 e. The van der Waals surface area contributed by atoms with E-state index in [2.05, 4.69) is 0 Å². The van der Waals surface area contributed by atoms with Crippen LogP contribution in [0.1, 0.15) is 5.56 Å². The van der Waals surface area contributed by atoms with Crippen molar-refractivity contribution in [3.8, 4) is 11.5 Å². The molecule has 1 fully saturated rings. The Morgan fingerprint density at radius 2 is 2.00 bits per heavy atom. The molecule has 0 spiro atoms. The molecule has 1 aromatic rings. The molecule has 0 bridgehead atoms. The summed E-state index contributed by atoms with van der Waals surface area (Å²) in [7, 11) is 2.90. The number of carbonyl (C=O) groups is 3. The third-order valence-corrected chi connectivity index (χ3v) is 4.12. The van der Waals surface area contributed by atoms with Gasteiger partial charge in [0.25, 0.3) is 5.91 Å². The van der Waals surface area contributed by atoms with Crippen LogP contribution < -0.4 is 4.74 Å². The number of aromatic hydroxyl groups is 1. The van der Waals surface area contributed by atoms with E-state index < -0.39 is 18.5 Å². The number of hydrogen-bond acceptors (Lipinski definition) is 7. The largest absolute Gasteiger partial charge is 0.504 e. The van der Waals surface area contributed by atoms with E-state index in [1.165, 1.54) is 31.2 Å². The SMILES string of the molecule is COc1cc(/C=C/C(=O)OCC(=O)N(C)CC(=O)N2CCOCC2)ccc1O. The van der Waals surface area contributed by atoms with Gasteiger partial charge >= 0.3 is 5.97 Å². The van der Waals surface area contributed by atoms with Crippen LogP contribution in [0, 0.1) is 0 Å². The fourth-order valence-corrected chi connectivity index (χ4v) is 2.46. The van der Waals surface area contributed by atoms with E-state index in [-0.39, 0.29) is 24.0 Å². The molecule has 1 aromatic carbocycles. The van der Waals surface area contributed by atoms with Crippen LogP contribution in [0.4, 0.5) is 0 Å². The number of rotatable bonds is 7. The summed E-state index contributed by atoms with van der Waals surface area (Å²) in [6.07, 6.45) is 2.64. The summed E-state index contributed by atoms with van der Waals surface area (Å²) in [4.78, 5) is 38.8. The Balaban J connectivity index is 1.78. The van der Waals surface area contributed by atoms with E-state index in [9.17, 15) is 19.5 Å². The van der Waals surface area contributed by atoms with Gasteiger partial charge in [0.15, 0.2) is 18.1 Å². The molecule has 0 unspecified atom stereocenters. The average molecular weight is 392 g/mol. The molecule has 2 amide bonds. The van der Waals surface area contributed by atoms with Crippen LogP contribution in [0.3, 0.4) is 0 Å². The first-order valence-corrected chi connectivity index (χ1v) is 8.72. The maximum absolute atomic E-state index is 12.1. The highest BCUT2D eigenvalue weighted by molar-refractivity contribution is 5.90. The molecule has 0 saturated carbocycles. The van der Waals surface area contributed by atoms with Crippen molar-refractivity contribution in [1.82, 2.24) is 9.80 Å². The highest BCUT2D eigenvalue weighted by Gasteiger charge is 2.20. The number of phenolic OH excluding ortho intramolecular Hbond substituents is 1. The molecule has 0 atom stereocenters. The summed E-state index contributed by atoms with van der Waals surface area (Å²) in [5.41, 5.74) is 0.617. The first kappa shape index (κ1) is 21.2. The number of hydrogen-bond donors (Lipinski definition) is 1. The van der Waals surface area contributed by atoms with E-state index in [0.29, 0.717) is 31.9 Å². The molecule has 1 saturated heterocycles. The van der Waals surface area contributed by atoms with Gasteiger partial charge in [-0.15, -0.1) is 0 Å². The van der Waals surface area contributed by atoms with Gasteiger partial charge < -0.3 is 29.1 Å². The molecule has 152 valence electrons. The minimum absolute atomic E-state index is 0.0116. The molecule has 0 aromatic heterocycles. The van der Waals surface area contributed by atoms with Gasteiger partial charge in [-0.3, -0.25) is 9.59 Å². The van der Waals surface area contributed by atoms with E-state index in [0.717, 1.165) is 6.08 Å². The molecule has 1 N–H and O–H groups in total. The van der Waals surface area contributed by atoms with Crippen molar-refractivity contribution in [2.24, 2.45) is 0 Å². The molecule has 28 heavy (non-hydrogen) atoms. The van der Waals surface area contributed by atoms with Gasteiger partial charge in [-0.1, -0.05) is 6.07 Å². The number of likely N-dealkylation sites (N-methyl/N-ethyl adjacent to an activating group) is 1. The van der Waals surface area contributed by atoms with Crippen LogP contribution in [0.25, 0.3) is 6.08 Å². The third kappa shape index (κ3) is 6.27. The highest BCUT2D eigenvalue weighted by Crippen LogP contribution is 2.26. The Kier molecular flexibility index (Phi) is 7.82. The van der Waals surface area contributed by atoms with Crippen molar-refractivity contribution < 1.29 is 33.7 Å². The second-order valence-corrected chi connectivity index (χ2v) is 6.12. The van der Waals surface area contributed by atoms with Gasteiger partial charge in [0.1, 0.15) is 0 Å². The predicted octanol–water partition coefficient (Wildman–Crippen LogP) is 0.274. The van der Waals surface area contributed by atoms with Crippen molar-refractivity contribution in [2.45, 2.75) is 0 Å². The summed E-state index contributed by atoms with van der Waals surface area (Å²) in [6, 6.07) is 4.58. The van der Waals surface area contributed by atoms with Crippen molar-refractivity contribution in [3.63, 3.8) is 0 Å². The third-order valence-electron chi connectivity index (χ3n) is 4.12. The lowest BCUT2D eigenvalue weighted by molar-refractivity contribution is -0.149. The summed E-state index contributed by atoms with van der Waals surface area (Å²) in [5.74, 6) is -1.09. The van der Waals surface area contributed by atoms with E-state index in [4.69, 9.17) is 14.2 Å².